The highest BCUT2D eigenvalue weighted by Gasteiger charge is 2.46. The summed E-state index contributed by atoms with van der Waals surface area (Å²) in [6.07, 6.45) is 0.711. The Morgan fingerprint density at radius 2 is 2.28 bits per heavy atom. The van der Waals surface area contributed by atoms with Gasteiger partial charge in [0.1, 0.15) is 0 Å². The number of aliphatic carboxylic acids is 1. The summed E-state index contributed by atoms with van der Waals surface area (Å²) < 4.78 is 0. The summed E-state index contributed by atoms with van der Waals surface area (Å²) >= 11 is 1.19. The van der Waals surface area contributed by atoms with E-state index in [0.29, 0.717) is 18.0 Å². The van der Waals surface area contributed by atoms with Crippen molar-refractivity contribution < 1.29 is 20.2 Å². The predicted octanol–water partition coefficient (Wildman–Crippen LogP) is 0.262. The highest BCUT2D eigenvalue weighted by molar-refractivity contribution is 7.99. The van der Waals surface area contributed by atoms with Crippen molar-refractivity contribution in [3.05, 3.63) is 23.8 Å². The number of rotatable bonds is 3. The Morgan fingerprint density at radius 1 is 1.56 bits per heavy atom. The summed E-state index contributed by atoms with van der Waals surface area (Å²) in [5.41, 5.74) is 4.48. The highest BCUT2D eigenvalue weighted by atomic mass is 32.2. The number of anilines is 1. The smallest absolute Gasteiger partial charge is 0.360 e. The quantitative estimate of drug-likeness (QED) is 0.624. The molecule has 6 nitrogen and oxygen atoms in total. The Kier molecular flexibility index (Phi) is 3.49. The van der Waals surface area contributed by atoms with Gasteiger partial charge in [0.05, 0.1) is 11.4 Å². The topological polar surface area (TPSA) is 107 Å². The Balaban J connectivity index is 2.36. The van der Waals surface area contributed by atoms with Gasteiger partial charge in [-0.2, -0.15) is 0 Å². The summed E-state index contributed by atoms with van der Waals surface area (Å²) in [4.78, 5) is 11.7. The summed E-state index contributed by atoms with van der Waals surface area (Å²) in [5, 5.41) is 29.1. The fourth-order valence-electron chi connectivity index (χ4n) is 1.76. The number of benzene rings is 1. The minimum Gasteiger partial charge on any atom is -0.478 e. The maximum atomic E-state index is 11.0. The third kappa shape index (κ3) is 2.05. The molecule has 0 radical (unpaired) electrons. The maximum absolute atomic E-state index is 11.0. The molecule has 1 unspecified atom stereocenters. The number of nitrogens with zero attached hydrogens (tertiary/aromatic N) is 1. The lowest BCUT2D eigenvalue weighted by Crippen LogP contribution is -2.57. The molecule has 1 heterocycles. The predicted molar refractivity (Wildman–Crippen MR) is 66.8 cm³/mol. The van der Waals surface area contributed by atoms with Gasteiger partial charge in [-0.3, -0.25) is 5.21 Å². The fourth-order valence-corrected chi connectivity index (χ4v) is 2.90. The lowest BCUT2D eigenvalue weighted by atomic mass is 10.1. The first kappa shape index (κ1) is 13.2. The molecule has 98 valence electrons. The van der Waals surface area contributed by atoms with Crippen molar-refractivity contribution in [2.45, 2.75) is 17.0 Å². The van der Waals surface area contributed by atoms with Gasteiger partial charge in [-0.25, -0.2) is 9.86 Å². The molecule has 0 spiro atoms. The van der Waals surface area contributed by atoms with Crippen LogP contribution in [0.1, 0.15) is 5.56 Å². The molecule has 1 aromatic rings. The van der Waals surface area contributed by atoms with E-state index in [0.717, 1.165) is 10.5 Å². The van der Waals surface area contributed by atoms with Crippen molar-refractivity contribution in [3.63, 3.8) is 0 Å². The number of aliphatic hydroxyl groups is 1. The molecule has 1 aliphatic rings. The van der Waals surface area contributed by atoms with Crippen LogP contribution < -0.4 is 10.8 Å². The van der Waals surface area contributed by atoms with Gasteiger partial charge < -0.3 is 15.9 Å². The standard InChI is InChI=1S/C11H14N2O4S/c12-4-3-7-1-2-8-9(5-7)18-6-11(16,10(14)15)13(8)17/h1-2,5,16-17H,3-4,6,12H2,(H,14,15). The molecule has 0 fully saturated rings. The van der Waals surface area contributed by atoms with Crippen molar-refractivity contribution in [2.75, 3.05) is 17.4 Å². The zero-order valence-corrected chi connectivity index (χ0v) is 10.4. The molecule has 5 N–H and O–H groups in total. The highest BCUT2D eigenvalue weighted by Crippen LogP contribution is 2.40. The molecule has 7 heteroatoms. The van der Waals surface area contributed by atoms with E-state index in [1.165, 1.54) is 11.8 Å². The third-order valence-electron chi connectivity index (χ3n) is 2.81. The molecule has 1 aromatic carbocycles. The fraction of sp³-hybridized carbons (Fsp3) is 0.364. The van der Waals surface area contributed by atoms with Crippen LogP contribution in [0.2, 0.25) is 0 Å². The number of hydroxylamine groups is 1. The normalized spacial score (nSPS) is 22.7. The van der Waals surface area contributed by atoms with E-state index >= 15 is 0 Å². The largest absolute Gasteiger partial charge is 0.478 e. The van der Waals surface area contributed by atoms with Crippen LogP contribution in [0.5, 0.6) is 0 Å². The first-order valence-electron chi connectivity index (χ1n) is 5.39. The van der Waals surface area contributed by atoms with Crippen LogP contribution in [-0.4, -0.2) is 39.4 Å². The summed E-state index contributed by atoms with van der Waals surface area (Å²) in [6, 6.07) is 5.18. The third-order valence-corrected chi connectivity index (χ3v) is 3.99. The molecular formula is C11H14N2O4S. The van der Waals surface area contributed by atoms with Crippen LogP contribution in [-0.2, 0) is 11.2 Å². The number of fused-ring (bicyclic) bond motifs is 1. The van der Waals surface area contributed by atoms with E-state index in [1.807, 2.05) is 6.07 Å². The van der Waals surface area contributed by atoms with Crippen molar-refractivity contribution in [1.29, 1.82) is 0 Å². The van der Waals surface area contributed by atoms with Gasteiger partial charge in [-0.15, -0.1) is 11.8 Å². The first-order valence-corrected chi connectivity index (χ1v) is 6.38. The van der Waals surface area contributed by atoms with Gasteiger partial charge >= 0.3 is 5.97 Å². The monoisotopic (exact) mass is 270 g/mol. The molecule has 0 aliphatic carbocycles. The van der Waals surface area contributed by atoms with Gasteiger partial charge in [0.15, 0.2) is 0 Å². The number of carboxylic acid groups (broad SMARTS) is 1. The SMILES string of the molecule is NCCc1ccc2c(c1)SCC(O)(C(=O)O)N2O. The van der Waals surface area contributed by atoms with Gasteiger partial charge in [0.25, 0.3) is 5.72 Å². The minimum absolute atomic E-state index is 0.141. The van der Waals surface area contributed by atoms with E-state index in [-0.39, 0.29) is 11.4 Å². The van der Waals surface area contributed by atoms with Crippen LogP contribution in [0.4, 0.5) is 5.69 Å². The number of thioether (sulfide) groups is 1. The van der Waals surface area contributed by atoms with Crippen LogP contribution in [0, 0.1) is 0 Å². The molecule has 0 saturated carbocycles. The minimum atomic E-state index is -2.28. The van der Waals surface area contributed by atoms with Crippen molar-refractivity contribution in [2.24, 2.45) is 5.73 Å². The number of nitrogens with two attached hydrogens (primary N) is 1. The Hall–Kier alpha value is -1.28. The summed E-state index contributed by atoms with van der Waals surface area (Å²) in [5.74, 6) is -1.62. The van der Waals surface area contributed by atoms with Gasteiger partial charge in [0.2, 0.25) is 0 Å². The maximum Gasteiger partial charge on any atom is 0.360 e. The molecule has 1 aliphatic heterocycles. The number of hydrogen-bond donors (Lipinski definition) is 4. The van der Waals surface area contributed by atoms with E-state index < -0.39 is 11.7 Å². The summed E-state index contributed by atoms with van der Waals surface area (Å²) in [7, 11) is 0. The van der Waals surface area contributed by atoms with Crippen molar-refractivity contribution in [3.8, 4) is 0 Å². The average Bonchev–Trinajstić information content (AvgIpc) is 2.34. The Morgan fingerprint density at radius 3 is 2.89 bits per heavy atom. The van der Waals surface area contributed by atoms with Gasteiger partial charge in [0, 0.05) is 4.90 Å². The van der Waals surface area contributed by atoms with Crippen LogP contribution in [0.3, 0.4) is 0 Å². The molecule has 0 bridgehead atoms. The van der Waals surface area contributed by atoms with E-state index in [9.17, 15) is 15.1 Å². The number of hydrogen-bond acceptors (Lipinski definition) is 6. The second-order valence-electron chi connectivity index (χ2n) is 4.06. The lowest BCUT2D eigenvalue weighted by molar-refractivity contribution is -0.162. The molecule has 0 aromatic heterocycles. The van der Waals surface area contributed by atoms with E-state index in [2.05, 4.69) is 0 Å². The molecule has 0 saturated heterocycles. The van der Waals surface area contributed by atoms with Gasteiger partial charge in [-0.05, 0) is 30.7 Å². The average molecular weight is 270 g/mol. The lowest BCUT2D eigenvalue weighted by Gasteiger charge is -2.37. The second-order valence-corrected chi connectivity index (χ2v) is 5.08. The summed E-state index contributed by atoms with van der Waals surface area (Å²) in [6.45, 7) is 0.519. The van der Waals surface area contributed by atoms with Gasteiger partial charge in [-0.1, -0.05) is 6.07 Å². The van der Waals surface area contributed by atoms with Crippen LogP contribution in [0.15, 0.2) is 23.1 Å². The Labute approximate surface area is 108 Å². The molecule has 0 amide bonds. The number of carbonyl (C=O) groups is 1. The zero-order chi connectivity index (χ0) is 13.3. The van der Waals surface area contributed by atoms with Crippen LogP contribution >= 0.6 is 11.8 Å². The second kappa shape index (κ2) is 4.77. The molecule has 2 rings (SSSR count). The molecule has 18 heavy (non-hydrogen) atoms. The number of carboxylic acids is 1. The van der Waals surface area contributed by atoms with E-state index in [4.69, 9.17) is 10.8 Å². The van der Waals surface area contributed by atoms with E-state index in [1.54, 1.807) is 12.1 Å². The van der Waals surface area contributed by atoms with Crippen molar-refractivity contribution in [1.82, 2.24) is 0 Å². The molecular weight excluding hydrogens is 256 g/mol. The zero-order valence-electron chi connectivity index (χ0n) is 9.54. The van der Waals surface area contributed by atoms with Crippen molar-refractivity contribution >= 4 is 23.4 Å². The van der Waals surface area contributed by atoms with Crippen LogP contribution in [0.25, 0.3) is 0 Å². The first-order chi connectivity index (χ1) is 8.49. The Bertz CT molecular complexity index is 482. The molecule has 1 atom stereocenters.